The molecule has 8 nitrogen and oxygen atoms in total. The van der Waals surface area contributed by atoms with Crippen molar-refractivity contribution in [1.29, 1.82) is 5.26 Å². The summed E-state index contributed by atoms with van der Waals surface area (Å²) in [5, 5.41) is 20.3. The lowest BCUT2D eigenvalue weighted by Crippen LogP contribution is -2.49. The van der Waals surface area contributed by atoms with E-state index in [1.54, 1.807) is 10.7 Å². The van der Waals surface area contributed by atoms with E-state index in [9.17, 15) is 9.18 Å². The Morgan fingerprint density at radius 2 is 1.88 bits per heavy atom. The summed E-state index contributed by atoms with van der Waals surface area (Å²) in [4.78, 5) is 16.8. The molecule has 0 radical (unpaired) electrons. The molecule has 0 atom stereocenters. The zero-order valence-electron chi connectivity index (χ0n) is 17.3. The minimum absolute atomic E-state index is 0.0973. The van der Waals surface area contributed by atoms with Crippen molar-refractivity contribution in [3.8, 4) is 11.8 Å². The van der Waals surface area contributed by atoms with E-state index in [2.05, 4.69) is 20.4 Å². The lowest BCUT2D eigenvalue weighted by Gasteiger charge is -2.35. The molecule has 0 spiro atoms. The van der Waals surface area contributed by atoms with Crippen LogP contribution in [0.1, 0.15) is 16.7 Å². The number of hydrogen-bond donors (Lipinski definition) is 0. The molecule has 1 aliphatic heterocycles. The van der Waals surface area contributed by atoms with Crippen LogP contribution < -0.4 is 0 Å². The fourth-order valence-corrected chi connectivity index (χ4v) is 4.01. The minimum atomic E-state index is -0.599. The Bertz CT molecular complexity index is 1120. The number of nitrogens with zero attached hydrogens (tertiary/aromatic N) is 7. The molecule has 2 aromatic carbocycles. The molecule has 1 fully saturated rings. The second kappa shape index (κ2) is 9.85. The molecule has 0 bridgehead atoms. The highest BCUT2D eigenvalue weighted by atomic mass is 35.5. The Hall–Kier alpha value is -3.35. The number of benzene rings is 2. The summed E-state index contributed by atoms with van der Waals surface area (Å²) in [5.41, 5.74) is 2.43. The molecule has 2 heterocycles. The monoisotopic (exact) mass is 453 g/mol. The van der Waals surface area contributed by atoms with Gasteiger partial charge in [0.05, 0.1) is 17.1 Å². The minimum Gasteiger partial charge on any atom is -0.340 e. The second-order valence-electron chi connectivity index (χ2n) is 7.58. The number of carbonyl (C=O) groups excluding carboxylic acids is 1. The summed E-state index contributed by atoms with van der Waals surface area (Å²) in [6.45, 7) is 3.56. The first-order valence-electron chi connectivity index (χ1n) is 10.2. The molecular formula is C22H21ClFN7O. The smallest absolute Gasteiger partial charge is 0.227 e. The van der Waals surface area contributed by atoms with E-state index >= 15 is 0 Å². The molecule has 3 aromatic rings. The third-order valence-corrected chi connectivity index (χ3v) is 6.04. The summed E-state index contributed by atoms with van der Waals surface area (Å²) in [5.74, 6) is -0.501. The van der Waals surface area contributed by atoms with E-state index in [1.165, 1.54) is 12.4 Å². The first-order valence-corrected chi connectivity index (χ1v) is 10.6. The summed E-state index contributed by atoms with van der Waals surface area (Å²) < 4.78 is 15.2. The number of carbonyl (C=O) groups is 1. The maximum atomic E-state index is 13.6. The fourth-order valence-electron chi connectivity index (χ4n) is 3.72. The predicted molar refractivity (Wildman–Crippen MR) is 116 cm³/mol. The Kier molecular flexibility index (Phi) is 6.73. The third-order valence-electron chi connectivity index (χ3n) is 5.61. The highest BCUT2D eigenvalue weighted by Gasteiger charge is 2.21. The summed E-state index contributed by atoms with van der Waals surface area (Å²) in [7, 11) is 0. The van der Waals surface area contributed by atoms with Crippen molar-refractivity contribution < 1.29 is 9.18 Å². The average molecular weight is 454 g/mol. The number of nitriles is 1. The normalized spacial score (nSPS) is 14.3. The van der Waals surface area contributed by atoms with Crippen LogP contribution in [0.2, 0.25) is 5.02 Å². The van der Waals surface area contributed by atoms with Gasteiger partial charge in [0.1, 0.15) is 23.8 Å². The Balaban J connectivity index is 1.26. The van der Waals surface area contributed by atoms with Gasteiger partial charge in [-0.25, -0.2) is 9.07 Å². The molecule has 32 heavy (non-hydrogen) atoms. The van der Waals surface area contributed by atoms with E-state index in [-0.39, 0.29) is 16.5 Å². The first-order chi connectivity index (χ1) is 15.5. The van der Waals surface area contributed by atoms with Crippen molar-refractivity contribution in [1.82, 2.24) is 30.0 Å². The van der Waals surface area contributed by atoms with Crippen molar-refractivity contribution in [2.24, 2.45) is 0 Å². The van der Waals surface area contributed by atoms with Crippen LogP contribution in [-0.4, -0.2) is 68.6 Å². The molecule has 164 valence electrons. The van der Waals surface area contributed by atoms with Crippen LogP contribution in [0.4, 0.5) is 4.39 Å². The van der Waals surface area contributed by atoms with E-state index in [0.29, 0.717) is 25.9 Å². The van der Waals surface area contributed by atoms with Gasteiger partial charge in [0.15, 0.2) is 0 Å². The number of hydrogen-bond acceptors (Lipinski definition) is 6. The number of tetrazole rings is 1. The lowest BCUT2D eigenvalue weighted by atomic mass is 10.1. The van der Waals surface area contributed by atoms with Gasteiger partial charge in [0, 0.05) is 32.7 Å². The van der Waals surface area contributed by atoms with Gasteiger partial charge in [-0.2, -0.15) is 5.26 Å². The van der Waals surface area contributed by atoms with Crippen LogP contribution >= 0.6 is 11.6 Å². The molecular weight excluding hydrogens is 433 g/mol. The molecule has 1 aliphatic rings. The maximum Gasteiger partial charge on any atom is 0.227 e. The van der Waals surface area contributed by atoms with Gasteiger partial charge in [0.25, 0.3) is 0 Å². The third kappa shape index (κ3) is 4.93. The Labute approximate surface area is 189 Å². The van der Waals surface area contributed by atoms with Gasteiger partial charge in [-0.3, -0.25) is 9.69 Å². The average Bonchev–Trinajstić information content (AvgIpc) is 3.35. The molecule has 0 N–H and O–H groups in total. The van der Waals surface area contributed by atoms with Gasteiger partial charge >= 0.3 is 0 Å². The van der Waals surface area contributed by atoms with Crippen LogP contribution in [0.25, 0.3) is 5.69 Å². The Morgan fingerprint density at radius 1 is 1.12 bits per heavy atom. The highest BCUT2D eigenvalue weighted by Crippen LogP contribution is 2.24. The van der Waals surface area contributed by atoms with Crippen LogP contribution in [-0.2, 0) is 17.6 Å². The van der Waals surface area contributed by atoms with Crippen molar-refractivity contribution in [2.75, 3.05) is 32.7 Å². The van der Waals surface area contributed by atoms with Gasteiger partial charge in [-0.05, 0) is 46.2 Å². The molecule has 1 aromatic heterocycles. The first kappa shape index (κ1) is 21.9. The number of aromatic nitrogens is 4. The molecule has 1 amide bonds. The van der Waals surface area contributed by atoms with E-state index in [1.807, 2.05) is 35.2 Å². The standard InChI is InChI=1S/C22H21ClFN7O/c23-22-17(3-6-20(24)19(22)14-25)7-8-29-9-11-30(12-10-29)21(32)13-16-1-4-18(5-2-16)31-15-26-27-28-31/h1-6,15H,7-13H2. The van der Waals surface area contributed by atoms with Crippen LogP contribution in [0.15, 0.2) is 42.7 Å². The van der Waals surface area contributed by atoms with Crippen LogP contribution in [0.5, 0.6) is 0 Å². The summed E-state index contributed by atoms with van der Waals surface area (Å²) in [6.07, 6.45) is 2.49. The van der Waals surface area contributed by atoms with Gasteiger partial charge < -0.3 is 4.90 Å². The Morgan fingerprint density at radius 3 is 2.53 bits per heavy atom. The largest absolute Gasteiger partial charge is 0.340 e. The summed E-state index contributed by atoms with van der Waals surface area (Å²) >= 11 is 6.17. The molecule has 0 aliphatic carbocycles. The highest BCUT2D eigenvalue weighted by molar-refractivity contribution is 6.32. The molecule has 1 saturated heterocycles. The van der Waals surface area contributed by atoms with Crippen molar-refractivity contribution in [2.45, 2.75) is 12.8 Å². The second-order valence-corrected chi connectivity index (χ2v) is 7.96. The van der Waals surface area contributed by atoms with E-state index in [0.717, 1.165) is 36.4 Å². The number of halogens is 2. The predicted octanol–water partition coefficient (Wildman–Crippen LogP) is 2.26. The number of rotatable bonds is 6. The molecule has 4 rings (SSSR count). The maximum absolute atomic E-state index is 13.6. The van der Waals surface area contributed by atoms with E-state index < -0.39 is 5.82 Å². The molecule has 0 saturated carbocycles. The number of amides is 1. The van der Waals surface area contributed by atoms with Crippen molar-refractivity contribution in [3.05, 3.63) is 70.3 Å². The quantitative estimate of drug-likeness (QED) is 0.568. The van der Waals surface area contributed by atoms with Crippen molar-refractivity contribution >= 4 is 17.5 Å². The van der Waals surface area contributed by atoms with Gasteiger partial charge in [-0.1, -0.05) is 29.8 Å². The fraction of sp³-hybridized carbons (Fsp3) is 0.318. The van der Waals surface area contributed by atoms with E-state index in [4.69, 9.17) is 16.9 Å². The topological polar surface area (TPSA) is 90.9 Å². The molecule has 10 heteroatoms. The zero-order valence-corrected chi connectivity index (χ0v) is 18.0. The van der Waals surface area contributed by atoms with Crippen LogP contribution in [0, 0.1) is 17.1 Å². The van der Waals surface area contributed by atoms with Gasteiger partial charge in [0.2, 0.25) is 5.91 Å². The summed E-state index contributed by atoms with van der Waals surface area (Å²) in [6, 6.07) is 12.3. The zero-order chi connectivity index (χ0) is 22.5. The van der Waals surface area contributed by atoms with Crippen LogP contribution in [0.3, 0.4) is 0 Å². The molecule has 0 unspecified atom stereocenters. The number of piperazine rings is 1. The SMILES string of the molecule is N#Cc1c(F)ccc(CCN2CCN(C(=O)Cc3ccc(-n4cnnn4)cc3)CC2)c1Cl. The van der Waals surface area contributed by atoms with Crippen molar-refractivity contribution in [3.63, 3.8) is 0 Å². The lowest BCUT2D eigenvalue weighted by molar-refractivity contribution is -0.132. The van der Waals surface area contributed by atoms with Gasteiger partial charge in [-0.15, -0.1) is 5.10 Å².